The number of rotatable bonds is 2. The van der Waals surface area contributed by atoms with Gasteiger partial charge < -0.3 is 10.5 Å². The van der Waals surface area contributed by atoms with Crippen LogP contribution in [-0.4, -0.2) is 18.0 Å². The molecule has 1 amide bonds. The molecule has 0 fully saturated rings. The highest BCUT2D eigenvalue weighted by Gasteiger charge is 2.11. The number of fused-ring (bicyclic) bond motifs is 1. The van der Waals surface area contributed by atoms with E-state index in [2.05, 4.69) is 11.1 Å². The maximum Gasteiger partial charge on any atom is 0.271 e. The molecule has 0 aliphatic heterocycles. The number of carbonyl (C=O) groups excluding carboxylic acids is 1. The van der Waals surface area contributed by atoms with Gasteiger partial charge in [0.05, 0.1) is 12.6 Å². The second-order valence-electron chi connectivity index (χ2n) is 3.01. The van der Waals surface area contributed by atoms with Gasteiger partial charge in [0.2, 0.25) is 0 Å². The Labute approximate surface area is 86.7 Å². The molecule has 15 heavy (non-hydrogen) atoms. The first-order chi connectivity index (χ1) is 7.22. The van der Waals surface area contributed by atoms with Crippen LogP contribution in [0, 0.1) is 6.07 Å². The summed E-state index contributed by atoms with van der Waals surface area (Å²) in [5.41, 5.74) is 6.01. The molecule has 0 atom stereocenters. The molecule has 0 spiro atoms. The molecule has 2 rings (SSSR count). The summed E-state index contributed by atoms with van der Waals surface area (Å²) in [5.74, 6) is -0.227. The monoisotopic (exact) mass is 201 g/mol. The Balaban J connectivity index is 2.74. The highest BCUT2D eigenvalue weighted by Crippen LogP contribution is 2.21. The topological polar surface area (TPSA) is 65.2 Å². The van der Waals surface area contributed by atoms with Crippen LogP contribution in [0.2, 0.25) is 0 Å². The molecule has 1 aromatic heterocycles. The Bertz CT molecular complexity index is 523. The summed E-state index contributed by atoms with van der Waals surface area (Å²) in [6, 6.07) is 10.1. The number of carbonyl (C=O) groups is 1. The van der Waals surface area contributed by atoms with Gasteiger partial charge in [-0.05, 0) is 18.2 Å². The molecular weight excluding hydrogens is 192 g/mol. The third-order valence-corrected chi connectivity index (χ3v) is 2.06. The minimum atomic E-state index is -0.599. The second kappa shape index (κ2) is 3.57. The SMILES string of the molecule is COc1cc2[c]cccc2nc1C(N)=O. The number of aromatic nitrogens is 1. The molecule has 0 bridgehead atoms. The van der Waals surface area contributed by atoms with E-state index in [1.165, 1.54) is 7.11 Å². The van der Waals surface area contributed by atoms with Crippen LogP contribution in [0.4, 0.5) is 0 Å². The largest absolute Gasteiger partial charge is 0.494 e. The summed E-state index contributed by atoms with van der Waals surface area (Å²) < 4.78 is 5.03. The maximum atomic E-state index is 11.1. The molecule has 0 saturated carbocycles. The lowest BCUT2D eigenvalue weighted by Gasteiger charge is -2.05. The van der Waals surface area contributed by atoms with Crippen LogP contribution in [0.15, 0.2) is 24.3 Å². The quantitative estimate of drug-likeness (QED) is 0.792. The lowest BCUT2D eigenvalue weighted by atomic mass is 10.2. The molecule has 0 saturated heterocycles. The van der Waals surface area contributed by atoms with E-state index in [-0.39, 0.29) is 5.69 Å². The number of nitrogens with two attached hydrogens (primary N) is 1. The van der Waals surface area contributed by atoms with Gasteiger partial charge >= 0.3 is 0 Å². The number of nitrogens with zero attached hydrogens (tertiary/aromatic N) is 1. The summed E-state index contributed by atoms with van der Waals surface area (Å²) in [7, 11) is 1.47. The standard InChI is InChI=1S/C11H9N2O2/c1-15-9-6-7-4-2-3-5-8(7)13-10(9)11(12)14/h2-3,5-6H,1H3,(H2,12,14). The minimum absolute atomic E-state index is 0.143. The van der Waals surface area contributed by atoms with Gasteiger partial charge in [-0.15, -0.1) is 0 Å². The zero-order chi connectivity index (χ0) is 10.8. The van der Waals surface area contributed by atoms with Crippen molar-refractivity contribution in [1.29, 1.82) is 0 Å². The Morgan fingerprint density at radius 1 is 1.60 bits per heavy atom. The van der Waals surface area contributed by atoms with E-state index in [0.29, 0.717) is 11.3 Å². The van der Waals surface area contributed by atoms with Crippen molar-refractivity contribution in [2.75, 3.05) is 7.11 Å². The van der Waals surface area contributed by atoms with Crippen LogP contribution in [0.1, 0.15) is 10.5 Å². The van der Waals surface area contributed by atoms with Crippen LogP contribution in [0.25, 0.3) is 10.9 Å². The summed E-state index contributed by atoms with van der Waals surface area (Å²) >= 11 is 0. The number of benzene rings is 1. The number of ether oxygens (including phenoxy) is 1. The Hall–Kier alpha value is -2.10. The van der Waals surface area contributed by atoms with Gasteiger partial charge in [-0.1, -0.05) is 12.1 Å². The lowest BCUT2D eigenvalue weighted by Crippen LogP contribution is -2.14. The van der Waals surface area contributed by atoms with E-state index in [9.17, 15) is 4.79 Å². The summed E-state index contributed by atoms with van der Waals surface area (Å²) in [6.45, 7) is 0. The molecule has 4 nitrogen and oxygen atoms in total. The van der Waals surface area contributed by atoms with Gasteiger partial charge in [0.15, 0.2) is 11.4 Å². The van der Waals surface area contributed by atoms with Gasteiger partial charge in [0, 0.05) is 5.39 Å². The summed E-state index contributed by atoms with van der Waals surface area (Å²) in [6.07, 6.45) is 0. The molecule has 2 N–H and O–H groups in total. The van der Waals surface area contributed by atoms with Gasteiger partial charge in [-0.2, -0.15) is 0 Å². The first-order valence-electron chi connectivity index (χ1n) is 4.37. The van der Waals surface area contributed by atoms with Crippen LogP contribution in [-0.2, 0) is 0 Å². The first kappa shape index (κ1) is 9.45. The fraction of sp³-hybridized carbons (Fsp3) is 0.0909. The number of methoxy groups -OCH3 is 1. The van der Waals surface area contributed by atoms with E-state index >= 15 is 0 Å². The highest BCUT2D eigenvalue weighted by atomic mass is 16.5. The van der Waals surface area contributed by atoms with Crippen molar-refractivity contribution >= 4 is 16.8 Å². The van der Waals surface area contributed by atoms with Crippen LogP contribution >= 0.6 is 0 Å². The first-order valence-corrected chi connectivity index (χ1v) is 4.37. The van der Waals surface area contributed by atoms with Gasteiger partial charge in [0.25, 0.3) is 5.91 Å². The average Bonchev–Trinajstić information content (AvgIpc) is 2.27. The molecule has 75 valence electrons. The van der Waals surface area contributed by atoms with E-state index in [0.717, 1.165) is 5.39 Å². The molecular formula is C11H9N2O2. The molecule has 4 heteroatoms. The van der Waals surface area contributed by atoms with E-state index < -0.39 is 5.91 Å². The van der Waals surface area contributed by atoms with Crippen molar-refractivity contribution in [2.24, 2.45) is 5.73 Å². The normalized spacial score (nSPS) is 10.2. The third kappa shape index (κ3) is 1.61. The summed E-state index contributed by atoms with van der Waals surface area (Å²) in [4.78, 5) is 15.2. The number of amides is 1. The highest BCUT2D eigenvalue weighted by molar-refractivity contribution is 5.96. The van der Waals surface area contributed by atoms with E-state index in [4.69, 9.17) is 10.5 Å². The fourth-order valence-corrected chi connectivity index (χ4v) is 1.36. The number of hydrogen-bond acceptors (Lipinski definition) is 3. The zero-order valence-electron chi connectivity index (χ0n) is 8.15. The maximum absolute atomic E-state index is 11.1. The molecule has 0 aliphatic carbocycles. The number of hydrogen-bond donors (Lipinski definition) is 1. The predicted octanol–water partition coefficient (Wildman–Crippen LogP) is 1.14. The van der Waals surface area contributed by atoms with Crippen molar-refractivity contribution in [3.05, 3.63) is 36.0 Å². The predicted molar refractivity (Wildman–Crippen MR) is 55.6 cm³/mol. The van der Waals surface area contributed by atoms with Crippen LogP contribution < -0.4 is 10.5 Å². The molecule has 1 heterocycles. The smallest absolute Gasteiger partial charge is 0.271 e. The van der Waals surface area contributed by atoms with Crippen molar-refractivity contribution in [3.63, 3.8) is 0 Å². The van der Waals surface area contributed by atoms with E-state index in [1.54, 1.807) is 24.3 Å². The van der Waals surface area contributed by atoms with Crippen molar-refractivity contribution < 1.29 is 9.53 Å². The molecule has 1 radical (unpaired) electrons. The van der Waals surface area contributed by atoms with Gasteiger partial charge in [-0.25, -0.2) is 4.98 Å². The van der Waals surface area contributed by atoms with Crippen molar-refractivity contribution in [2.45, 2.75) is 0 Å². The van der Waals surface area contributed by atoms with Crippen molar-refractivity contribution in [3.8, 4) is 5.75 Å². The lowest BCUT2D eigenvalue weighted by molar-refractivity contribution is 0.0993. The summed E-state index contributed by atoms with van der Waals surface area (Å²) in [5, 5.41) is 0.791. The van der Waals surface area contributed by atoms with Crippen LogP contribution in [0.3, 0.4) is 0 Å². The Kier molecular flexibility index (Phi) is 2.25. The molecule has 0 aliphatic rings. The molecule has 1 aromatic carbocycles. The fourth-order valence-electron chi connectivity index (χ4n) is 1.36. The number of pyridine rings is 1. The molecule has 2 aromatic rings. The third-order valence-electron chi connectivity index (χ3n) is 2.06. The Morgan fingerprint density at radius 2 is 2.40 bits per heavy atom. The van der Waals surface area contributed by atoms with Crippen LogP contribution in [0.5, 0.6) is 5.75 Å². The minimum Gasteiger partial charge on any atom is -0.494 e. The van der Waals surface area contributed by atoms with Gasteiger partial charge in [-0.3, -0.25) is 4.79 Å². The molecule has 0 unspecified atom stereocenters. The Morgan fingerprint density at radius 3 is 3.07 bits per heavy atom. The van der Waals surface area contributed by atoms with E-state index in [1.807, 2.05) is 0 Å². The van der Waals surface area contributed by atoms with Crippen molar-refractivity contribution in [1.82, 2.24) is 4.98 Å². The average molecular weight is 201 g/mol. The van der Waals surface area contributed by atoms with Gasteiger partial charge in [0.1, 0.15) is 0 Å². The zero-order valence-corrected chi connectivity index (χ0v) is 8.15. The second-order valence-corrected chi connectivity index (χ2v) is 3.01. The number of primary amides is 1.